The molecule has 0 aromatic carbocycles. The summed E-state index contributed by atoms with van der Waals surface area (Å²) in [7, 11) is 0. The largest absolute Gasteiger partial charge is 0.381 e. The summed E-state index contributed by atoms with van der Waals surface area (Å²) >= 11 is 5.83. The van der Waals surface area contributed by atoms with Crippen LogP contribution in [0.5, 0.6) is 0 Å². The van der Waals surface area contributed by atoms with Crippen molar-refractivity contribution in [1.29, 1.82) is 0 Å². The van der Waals surface area contributed by atoms with Crippen molar-refractivity contribution in [2.75, 3.05) is 26.3 Å². The minimum Gasteiger partial charge on any atom is -0.381 e. The molecule has 94 valence electrons. The average Bonchev–Trinajstić information content (AvgIpc) is 2.49. The van der Waals surface area contributed by atoms with Crippen LogP contribution in [0.1, 0.15) is 27.7 Å². The maximum atomic E-state index is 11.8. The highest BCUT2D eigenvalue weighted by Crippen LogP contribution is 2.35. The van der Waals surface area contributed by atoms with E-state index >= 15 is 0 Å². The van der Waals surface area contributed by atoms with Gasteiger partial charge in [-0.3, -0.25) is 4.79 Å². The first-order valence-corrected chi connectivity index (χ1v) is 6.32. The van der Waals surface area contributed by atoms with Crippen molar-refractivity contribution in [3.8, 4) is 0 Å². The van der Waals surface area contributed by atoms with Gasteiger partial charge in [0.1, 0.15) is 5.38 Å². The van der Waals surface area contributed by atoms with Crippen LogP contribution in [-0.4, -0.2) is 42.5 Å². The van der Waals surface area contributed by atoms with Crippen LogP contribution in [0.2, 0.25) is 0 Å². The summed E-state index contributed by atoms with van der Waals surface area (Å²) in [5.41, 5.74) is 0.122. The molecule has 1 heterocycles. The number of nitrogens with zero attached hydrogens (tertiary/aromatic N) is 1. The molecule has 4 heteroatoms. The van der Waals surface area contributed by atoms with Gasteiger partial charge in [0, 0.05) is 25.6 Å². The summed E-state index contributed by atoms with van der Waals surface area (Å²) in [6.45, 7) is 11.1. The van der Waals surface area contributed by atoms with Crippen LogP contribution < -0.4 is 0 Å². The second-order valence-corrected chi connectivity index (χ2v) is 5.83. The predicted molar refractivity (Wildman–Crippen MR) is 65.7 cm³/mol. The van der Waals surface area contributed by atoms with Gasteiger partial charge in [0.05, 0.1) is 6.61 Å². The van der Waals surface area contributed by atoms with Crippen molar-refractivity contribution < 1.29 is 9.53 Å². The van der Waals surface area contributed by atoms with E-state index in [9.17, 15) is 4.79 Å². The van der Waals surface area contributed by atoms with Gasteiger partial charge >= 0.3 is 0 Å². The zero-order valence-electron chi connectivity index (χ0n) is 10.6. The van der Waals surface area contributed by atoms with Gasteiger partial charge in [0.2, 0.25) is 5.91 Å². The third-order valence-electron chi connectivity index (χ3n) is 3.32. The van der Waals surface area contributed by atoms with Crippen LogP contribution in [0.25, 0.3) is 0 Å². The fraction of sp³-hybridized carbons (Fsp3) is 0.917. The molecule has 3 nitrogen and oxygen atoms in total. The molecule has 1 aliphatic heterocycles. The third kappa shape index (κ3) is 3.11. The second kappa shape index (κ2) is 5.37. The third-order valence-corrected chi connectivity index (χ3v) is 3.51. The van der Waals surface area contributed by atoms with Gasteiger partial charge < -0.3 is 9.64 Å². The maximum Gasteiger partial charge on any atom is 0.240 e. The van der Waals surface area contributed by atoms with Gasteiger partial charge in [-0.2, -0.15) is 0 Å². The van der Waals surface area contributed by atoms with Gasteiger partial charge in [-0.1, -0.05) is 13.8 Å². The summed E-state index contributed by atoms with van der Waals surface area (Å²) in [5.74, 6) is 0.445. The van der Waals surface area contributed by atoms with E-state index in [1.54, 1.807) is 6.92 Å². The molecule has 1 fully saturated rings. The van der Waals surface area contributed by atoms with E-state index in [1.165, 1.54) is 0 Å². The van der Waals surface area contributed by atoms with Crippen molar-refractivity contribution in [2.24, 2.45) is 11.3 Å². The Kier molecular flexibility index (Phi) is 4.62. The Morgan fingerprint density at radius 1 is 1.62 bits per heavy atom. The Labute approximate surface area is 103 Å². The van der Waals surface area contributed by atoms with E-state index in [2.05, 4.69) is 13.8 Å². The van der Waals surface area contributed by atoms with E-state index in [1.807, 2.05) is 11.8 Å². The molecule has 16 heavy (non-hydrogen) atoms. The van der Waals surface area contributed by atoms with Crippen molar-refractivity contribution in [3.05, 3.63) is 0 Å². The Hall–Kier alpha value is -0.280. The quantitative estimate of drug-likeness (QED) is 0.713. The number of ether oxygens (including phenoxy) is 1. The molecular formula is C12H22ClNO2. The van der Waals surface area contributed by atoms with Gasteiger partial charge in [0.25, 0.3) is 0 Å². The molecule has 0 spiro atoms. The molecule has 2 atom stereocenters. The molecule has 0 unspecified atom stereocenters. The summed E-state index contributed by atoms with van der Waals surface area (Å²) < 4.78 is 5.47. The van der Waals surface area contributed by atoms with Crippen molar-refractivity contribution in [2.45, 2.75) is 33.1 Å². The standard InChI is InChI=1S/C12H22ClNO2/c1-5-16-7-10-6-14(8-12(10,3)4)11(15)9(2)13/h9-10H,5-8H2,1-4H3/t9-,10-/m1/s1. The van der Waals surface area contributed by atoms with Gasteiger partial charge in [-0.15, -0.1) is 11.6 Å². The number of likely N-dealkylation sites (tertiary alicyclic amines) is 1. The summed E-state index contributed by atoms with van der Waals surface area (Å²) in [4.78, 5) is 13.7. The zero-order valence-corrected chi connectivity index (χ0v) is 11.4. The maximum absolute atomic E-state index is 11.8. The molecule has 0 radical (unpaired) electrons. The topological polar surface area (TPSA) is 29.5 Å². The fourth-order valence-electron chi connectivity index (χ4n) is 2.16. The molecule has 0 aromatic heterocycles. The molecule has 0 bridgehead atoms. The highest BCUT2D eigenvalue weighted by Gasteiger charge is 2.41. The molecule has 0 aromatic rings. The Morgan fingerprint density at radius 3 is 2.75 bits per heavy atom. The SMILES string of the molecule is CCOC[C@H]1CN(C(=O)[C@@H](C)Cl)CC1(C)C. The lowest BCUT2D eigenvalue weighted by Gasteiger charge is -2.24. The highest BCUT2D eigenvalue weighted by atomic mass is 35.5. The van der Waals surface area contributed by atoms with E-state index < -0.39 is 5.38 Å². The normalized spacial score (nSPS) is 25.8. The number of rotatable bonds is 4. The number of hydrogen-bond donors (Lipinski definition) is 0. The summed E-state index contributed by atoms with van der Waals surface area (Å²) in [6, 6.07) is 0. The molecule has 0 N–H and O–H groups in total. The van der Waals surface area contributed by atoms with E-state index in [4.69, 9.17) is 16.3 Å². The average molecular weight is 248 g/mol. The summed E-state index contributed by atoms with van der Waals surface area (Å²) in [6.07, 6.45) is 0. The lowest BCUT2D eigenvalue weighted by atomic mass is 9.83. The lowest BCUT2D eigenvalue weighted by Crippen LogP contribution is -2.34. The Morgan fingerprint density at radius 2 is 2.25 bits per heavy atom. The molecule has 0 aliphatic carbocycles. The van der Waals surface area contributed by atoms with Crippen molar-refractivity contribution >= 4 is 17.5 Å². The first-order chi connectivity index (χ1) is 7.38. The lowest BCUT2D eigenvalue weighted by molar-refractivity contribution is -0.129. The predicted octanol–water partition coefficient (Wildman–Crippen LogP) is 2.13. The molecule has 1 amide bonds. The van der Waals surface area contributed by atoms with Crippen molar-refractivity contribution in [3.63, 3.8) is 0 Å². The van der Waals surface area contributed by atoms with Crippen LogP contribution in [0.15, 0.2) is 0 Å². The van der Waals surface area contributed by atoms with Crippen LogP contribution in [0.4, 0.5) is 0 Å². The minimum absolute atomic E-state index is 0.0359. The summed E-state index contributed by atoms with van der Waals surface area (Å²) in [5, 5.41) is -0.429. The molecule has 1 rings (SSSR count). The Bertz CT molecular complexity index is 253. The zero-order chi connectivity index (χ0) is 12.3. The van der Waals surface area contributed by atoms with E-state index in [0.29, 0.717) is 5.92 Å². The number of halogens is 1. The van der Waals surface area contributed by atoms with Crippen LogP contribution in [-0.2, 0) is 9.53 Å². The Balaban J connectivity index is 2.60. The molecule has 0 saturated carbocycles. The molecule has 1 saturated heterocycles. The second-order valence-electron chi connectivity index (χ2n) is 5.18. The van der Waals surface area contributed by atoms with E-state index in [-0.39, 0.29) is 11.3 Å². The monoisotopic (exact) mass is 247 g/mol. The number of amides is 1. The first kappa shape index (κ1) is 13.8. The van der Waals surface area contributed by atoms with Crippen molar-refractivity contribution in [1.82, 2.24) is 4.90 Å². The molecule has 1 aliphatic rings. The first-order valence-electron chi connectivity index (χ1n) is 5.89. The van der Waals surface area contributed by atoms with Crippen LogP contribution in [0.3, 0.4) is 0 Å². The number of alkyl halides is 1. The fourth-order valence-corrected chi connectivity index (χ4v) is 2.29. The molecular weight excluding hydrogens is 226 g/mol. The number of carbonyl (C=O) groups is 1. The van der Waals surface area contributed by atoms with Gasteiger partial charge in [-0.05, 0) is 19.3 Å². The van der Waals surface area contributed by atoms with Crippen LogP contribution >= 0.6 is 11.6 Å². The minimum atomic E-state index is -0.429. The smallest absolute Gasteiger partial charge is 0.240 e. The number of hydrogen-bond acceptors (Lipinski definition) is 2. The number of carbonyl (C=O) groups excluding carboxylic acids is 1. The van der Waals surface area contributed by atoms with Crippen LogP contribution in [0, 0.1) is 11.3 Å². The van der Waals surface area contributed by atoms with Gasteiger partial charge in [-0.25, -0.2) is 0 Å². The highest BCUT2D eigenvalue weighted by molar-refractivity contribution is 6.30. The van der Waals surface area contributed by atoms with Gasteiger partial charge in [0.15, 0.2) is 0 Å². The van der Waals surface area contributed by atoms with E-state index in [0.717, 1.165) is 26.3 Å².